The van der Waals surface area contributed by atoms with Gasteiger partial charge in [-0.3, -0.25) is 4.79 Å². The van der Waals surface area contributed by atoms with E-state index in [4.69, 9.17) is 0 Å². The van der Waals surface area contributed by atoms with E-state index in [0.29, 0.717) is 21.1 Å². The molecule has 5 nitrogen and oxygen atoms in total. The van der Waals surface area contributed by atoms with E-state index in [0.717, 1.165) is 5.56 Å². The van der Waals surface area contributed by atoms with Crippen molar-refractivity contribution in [3.8, 4) is 21.8 Å². The van der Waals surface area contributed by atoms with Crippen LogP contribution in [0.1, 0.15) is 5.56 Å². The van der Waals surface area contributed by atoms with Gasteiger partial charge in [0.05, 0.1) is 0 Å². The van der Waals surface area contributed by atoms with Gasteiger partial charge in [-0.15, -0.1) is 10.2 Å². The summed E-state index contributed by atoms with van der Waals surface area (Å²) in [4.78, 5) is 13.0. The summed E-state index contributed by atoms with van der Waals surface area (Å²) in [6.45, 7) is 1.97. The van der Waals surface area contributed by atoms with Crippen molar-refractivity contribution < 1.29 is 4.39 Å². The molecule has 0 fully saturated rings. The van der Waals surface area contributed by atoms with Crippen molar-refractivity contribution in [1.29, 1.82) is 0 Å². The van der Waals surface area contributed by atoms with E-state index in [1.165, 1.54) is 28.0 Å². The second kappa shape index (κ2) is 5.61. The largest absolute Gasteiger partial charge is 0.302 e. The molecule has 0 N–H and O–H groups in total. The lowest BCUT2D eigenvalue weighted by Gasteiger charge is -1.99. The van der Waals surface area contributed by atoms with Crippen LogP contribution in [0.25, 0.3) is 26.8 Å². The second-order valence-electron chi connectivity index (χ2n) is 5.33. The molecule has 0 aliphatic heterocycles. The average molecular weight is 338 g/mol. The van der Waals surface area contributed by atoms with Gasteiger partial charge in [0, 0.05) is 11.1 Å². The summed E-state index contributed by atoms with van der Waals surface area (Å²) < 4.78 is 14.6. The first-order valence-electron chi connectivity index (χ1n) is 7.21. The lowest BCUT2D eigenvalue weighted by Crippen LogP contribution is -2.19. The summed E-state index contributed by atoms with van der Waals surface area (Å²) >= 11 is 1.19. The highest BCUT2D eigenvalue weighted by Crippen LogP contribution is 2.25. The number of aryl methyl sites for hydroxylation is 1. The van der Waals surface area contributed by atoms with Crippen molar-refractivity contribution in [1.82, 2.24) is 19.8 Å². The van der Waals surface area contributed by atoms with Crippen molar-refractivity contribution in [2.75, 3.05) is 0 Å². The topological polar surface area (TPSA) is 60.1 Å². The average Bonchev–Trinajstić information content (AvgIpc) is 3.02. The van der Waals surface area contributed by atoms with Gasteiger partial charge in [-0.1, -0.05) is 53.3 Å². The molecule has 118 valence electrons. The zero-order chi connectivity index (χ0) is 16.7. The van der Waals surface area contributed by atoms with Gasteiger partial charge in [-0.2, -0.15) is 9.61 Å². The van der Waals surface area contributed by atoms with Crippen molar-refractivity contribution in [2.45, 2.75) is 6.92 Å². The molecule has 0 atom stereocenters. The van der Waals surface area contributed by atoms with E-state index in [2.05, 4.69) is 15.3 Å². The molecule has 4 rings (SSSR count). The maximum absolute atomic E-state index is 13.4. The second-order valence-corrected chi connectivity index (χ2v) is 6.29. The third-order valence-electron chi connectivity index (χ3n) is 3.59. The molecule has 0 saturated heterocycles. The van der Waals surface area contributed by atoms with E-state index < -0.39 is 0 Å². The smallest absolute Gasteiger partial charge is 0.265 e. The molecule has 0 unspecified atom stereocenters. The first kappa shape index (κ1) is 14.6. The Morgan fingerprint density at radius 2 is 1.83 bits per heavy atom. The summed E-state index contributed by atoms with van der Waals surface area (Å²) in [5, 5.41) is 12.9. The number of aromatic nitrogens is 4. The summed E-state index contributed by atoms with van der Waals surface area (Å²) in [5.41, 5.74) is 2.27. The summed E-state index contributed by atoms with van der Waals surface area (Å²) in [6.07, 6.45) is 0. The Balaban J connectivity index is 1.88. The Morgan fingerprint density at radius 1 is 1.04 bits per heavy atom. The zero-order valence-corrected chi connectivity index (χ0v) is 13.4. The molecule has 2 heterocycles. The molecular weight excluding hydrogens is 327 g/mol. The van der Waals surface area contributed by atoms with Crippen LogP contribution in [0.5, 0.6) is 0 Å². The lowest BCUT2D eigenvalue weighted by molar-refractivity contribution is 0.628. The standard InChI is InChI=1S/C17H11FN4OS/c1-10-5-7-11(8-6-10)14-16(23)22-17(20-19-14)24-15(21-22)12-3-2-4-13(18)9-12/h2-9H,1H3. The third kappa shape index (κ3) is 2.48. The zero-order valence-electron chi connectivity index (χ0n) is 12.6. The van der Waals surface area contributed by atoms with Gasteiger partial charge in [0.15, 0.2) is 5.69 Å². The van der Waals surface area contributed by atoms with Gasteiger partial charge >= 0.3 is 5.56 Å². The minimum Gasteiger partial charge on any atom is -0.265 e. The van der Waals surface area contributed by atoms with Crippen LogP contribution in [0.2, 0.25) is 0 Å². The minimum atomic E-state index is -0.356. The van der Waals surface area contributed by atoms with E-state index in [-0.39, 0.29) is 17.1 Å². The van der Waals surface area contributed by atoms with Crippen molar-refractivity contribution in [3.05, 3.63) is 70.3 Å². The van der Waals surface area contributed by atoms with Crippen molar-refractivity contribution in [2.24, 2.45) is 0 Å². The molecule has 7 heteroatoms. The molecule has 2 aromatic heterocycles. The quantitative estimate of drug-likeness (QED) is 0.562. The van der Waals surface area contributed by atoms with Crippen LogP contribution in [0, 0.1) is 12.7 Å². The van der Waals surface area contributed by atoms with Crippen LogP contribution in [-0.4, -0.2) is 19.8 Å². The molecule has 0 spiro atoms. The molecule has 0 amide bonds. The third-order valence-corrected chi connectivity index (χ3v) is 4.53. The highest BCUT2D eigenvalue weighted by atomic mass is 32.1. The Kier molecular flexibility index (Phi) is 3.42. The normalized spacial score (nSPS) is 11.1. The first-order chi connectivity index (χ1) is 11.6. The van der Waals surface area contributed by atoms with Crippen LogP contribution in [0.4, 0.5) is 4.39 Å². The number of benzene rings is 2. The Hall–Kier alpha value is -2.93. The summed E-state index contributed by atoms with van der Waals surface area (Å²) in [7, 11) is 0. The molecule has 0 bridgehead atoms. The Morgan fingerprint density at radius 3 is 2.58 bits per heavy atom. The lowest BCUT2D eigenvalue weighted by atomic mass is 10.1. The molecule has 0 radical (unpaired) electrons. The fourth-order valence-corrected chi connectivity index (χ4v) is 3.18. The molecule has 24 heavy (non-hydrogen) atoms. The molecular formula is C17H11FN4OS. The predicted molar refractivity (Wildman–Crippen MR) is 90.5 cm³/mol. The van der Waals surface area contributed by atoms with Gasteiger partial charge < -0.3 is 0 Å². The molecule has 0 aliphatic carbocycles. The fourth-order valence-electron chi connectivity index (χ4n) is 2.35. The molecule has 2 aromatic carbocycles. The SMILES string of the molecule is Cc1ccc(-c2nnc3sc(-c4cccc(F)c4)nn3c2=O)cc1. The van der Waals surface area contributed by atoms with Crippen LogP contribution in [0.15, 0.2) is 53.3 Å². The van der Waals surface area contributed by atoms with Crippen LogP contribution >= 0.6 is 11.3 Å². The Labute approximate surface area is 140 Å². The molecule has 0 saturated carbocycles. The monoisotopic (exact) mass is 338 g/mol. The van der Waals surface area contributed by atoms with E-state index in [1.54, 1.807) is 12.1 Å². The fraction of sp³-hybridized carbons (Fsp3) is 0.0588. The summed E-state index contributed by atoms with van der Waals surface area (Å²) in [5.74, 6) is -0.356. The number of hydrogen-bond donors (Lipinski definition) is 0. The maximum Gasteiger partial charge on any atom is 0.302 e. The van der Waals surface area contributed by atoms with Crippen LogP contribution in [0.3, 0.4) is 0 Å². The number of halogens is 1. The van der Waals surface area contributed by atoms with Crippen molar-refractivity contribution in [3.63, 3.8) is 0 Å². The van der Waals surface area contributed by atoms with Crippen molar-refractivity contribution >= 4 is 16.3 Å². The van der Waals surface area contributed by atoms with E-state index in [1.807, 2.05) is 31.2 Å². The molecule has 0 aliphatic rings. The van der Waals surface area contributed by atoms with Gasteiger partial charge in [0.25, 0.3) is 0 Å². The number of fused-ring (bicyclic) bond motifs is 1. The van der Waals surface area contributed by atoms with Gasteiger partial charge in [-0.25, -0.2) is 4.39 Å². The summed E-state index contributed by atoms with van der Waals surface area (Å²) in [6, 6.07) is 13.5. The first-order valence-corrected chi connectivity index (χ1v) is 8.03. The van der Waals surface area contributed by atoms with Gasteiger partial charge in [0.1, 0.15) is 10.8 Å². The number of hydrogen-bond acceptors (Lipinski definition) is 5. The maximum atomic E-state index is 13.4. The molecule has 4 aromatic rings. The van der Waals surface area contributed by atoms with Crippen LogP contribution < -0.4 is 5.56 Å². The number of nitrogens with zero attached hydrogens (tertiary/aromatic N) is 4. The predicted octanol–water partition coefficient (Wildman–Crippen LogP) is 3.33. The highest BCUT2D eigenvalue weighted by molar-refractivity contribution is 7.19. The minimum absolute atomic E-state index is 0.239. The van der Waals surface area contributed by atoms with E-state index >= 15 is 0 Å². The van der Waals surface area contributed by atoms with E-state index in [9.17, 15) is 9.18 Å². The Bertz CT molecular complexity index is 1100. The number of rotatable bonds is 2. The highest BCUT2D eigenvalue weighted by Gasteiger charge is 2.14. The van der Waals surface area contributed by atoms with Gasteiger partial charge in [-0.05, 0) is 19.1 Å². The van der Waals surface area contributed by atoms with Crippen LogP contribution in [-0.2, 0) is 0 Å². The van der Waals surface area contributed by atoms with Gasteiger partial charge in [0.2, 0.25) is 4.96 Å².